The number of fused-ring (bicyclic) bond motifs is 1. The van der Waals surface area contributed by atoms with Gasteiger partial charge < -0.3 is 5.32 Å². The van der Waals surface area contributed by atoms with Crippen molar-refractivity contribution in [2.24, 2.45) is 0 Å². The van der Waals surface area contributed by atoms with E-state index in [1.807, 2.05) is 0 Å². The maximum absolute atomic E-state index is 3.62. The maximum Gasteiger partial charge on any atom is 0.0487 e. The molecule has 0 atom stereocenters. The van der Waals surface area contributed by atoms with Gasteiger partial charge in [0.15, 0.2) is 0 Å². The van der Waals surface area contributed by atoms with E-state index in [1.54, 1.807) is 0 Å². The molecule has 2 aromatic rings. The van der Waals surface area contributed by atoms with Crippen LogP contribution in [0.15, 0.2) is 51.4 Å². The Morgan fingerprint density at radius 3 is 2.22 bits per heavy atom. The Morgan fingerprint density at radius 2 is 1.61 bits per heavy atom. The number of halogens is 2. The van der Waals surface area contributed by atoms with Crippen molar-refractivity contribution in [1.82, 2.24) is 0 Å². The Labute approximate surface area is 124 Å². The highest BCUT2D eigenvalue weighted by Gasteiger charge is 2.21. The van der Waals surface area contributed by atoms with Crippen LogP contribution in [0.25, 0.3) is 0 Å². The van der Waals surface area contributed by atoms with E-state index in [1.165, 1.54) is 11.1 Å². The first-order valence-electron chi connectivity index (χ1n) is 6.01. The molecule has 0 fully saturated rings. The third-order valence-electron chi connectivity index (χ3n) is 3.34. The fraction of sp³-hybridized carbons (Fsp3) is 0.200. The van der Waals surface area contributed by atoms with Gasteiger partial charge in [-0.2, -0.15) is 0 Å². The van der Waals surface area contributed by atoms with Crippen molar-refractivity contribution in [1.29, 1.82) is 0 Å². The first kappa shape index (κ1) is 12.2. The summed E-state index contributed by atoms with van der Waals surface area (Å²) in [5, 5.41) is 3.62. The highest BCUT2D eigenvalue weighted by atomic mass is 79.9. The molecule has 0 bridgehead atoms. The molecule has 1 nitrogen and oxygen atoms in total. The van der Waals surface area contributed by atoms with Gasteiger partial charge in [-0.25, -0.2) is 0 Å². The molecule has 0 aliphatic heterocycles. The Morgan fingerprint density at radius 1 is 0.944 bits per heavy atom. The molecular weight excluding hydrogens is 354 g/mol. The predicted octanol–water partition coefficient (Wildman–Crippen LogP) is 4.79. The molecule has 18 heavy (non-hydrogen) atoms. The van der Waals surface area contributed by atoms with Gasteiger partial charge in [-0.05, 0) is 58.1 Å². The molecule has 92 valence electrons. The van der Waals surface area contributed by atoms with Crippen LogP contribution in [-0.4, -0.2) is 6.04 Å². The first-order valence-corrected chi connectivity index (χ1v) is 7.59. The van der Waals surface area contributed by atoms with E-state index in [-0.39, 0.29) is 0 Å². The van der Waals surface area contributed by atoms with Gasteiger partial charge >= 0.3 is 0 Å². The molecule has 3 heteroatoms. The fourth-order valence-corrected chi connectivity index (χ4v) is 3.65. The largest absolute Gasteiger partial charge is 0.381 e. The summed E-state index contributed by atoms with van der Waals surface area (Å²) in [5.74, 6) is 0. The lowest BCUT2D eigenvalue weighted by Crippen LogP contribution is -2.19. The van der Waals surface area contributed by atoms with Gasteiger partial charge in [-0.1, -0.05) is 40.2 Å². The van der Waals surface area contributed by atoms with Gasteiger partial charge in [-0.3, -0.25) is 0 Å². The Bertz CT molecular complexity index is 555. The summed E-state index contributed by atoms with van der Waals surface area (Å²) in [6, 6.07) is 15.4. The third kappa shape index (κ3) is 2.47. The number of rotatable bonds is 2. The molecular formula is C15H13Br2N. The molecule has 3 rings (SSSR count). The van der Waals surface area contributed by atoms with Gasteiger partial charge in [0.2, 0.25) is 0 Å². The van der Waals surface area contributed by atoms with Crippen LogP contribution in [0.2, 0.25) is 0 Å². The number of hydrogen-bond acceptors (Lipinski definition) is 1. The normalized spacial score (nSPS) is 14.6. The zero-order chi connectivity index (χ0) is 12.5. The second kappa shape index (κ2) is 5.06. The van der Waals surface area contributed by atoms with Crippen molar-refractivity contribution >= 4 is 37.5 Å². The summed E-state index contributed by atoms with van der Waals surface area (Å²) < 4.78 is 2.20. The van der Waals surface area contributed by atoms with E-state index in [2.05, 4.69) is 79.6 Å². The number of nitrogens with one attached hydrogen (secondary N) is 1. The molecule has 0 saturated carbocycles. The lowest BCUT2D eigenvalue weighted by atomic mass is 10.1. The minimum absolute atomic E-state index is 0.500. The summed E-state index contributed by atoms with van der Waals surface area (Å²) in [6.45, 7) is 0. The minimum atomic E-state index is 0.500. The molecule has 0 unspecified atom stereocenters. The molecule has 0 radical (unpaired) electrons. The van der Waals surface area contributed by atoms with E-state index < -0.39 is 0 Å². The minimum Gasteiger partial charge on any atom is -0.381 e. The molecule has 0 amide bonds. The van der Waals surface area contributed by atoms with Crippen molar-refractivity contribution < 1.29 is 0 Å². The second-order valence-corrected chi connectivity index (χ2v) is 6.41. The summed E-state index contributed by atoms with van der Waals surface area (Å²) in [5.41, 5.74) is 4.11. The molecule has 0 aromatic heterocycles. The SMILES string of the molecule is Brc1ccc(NC2Cc3ccccc3C2)c(Br)c1. The topological polar surface area (TPSA) is 12.0 Å². The van der Waals surface area contributed by atoms with Crippen LogP contribution in [0.1, 0.15) is 11.1 Å². The Hall–Kier alpha value is -0.800. The van der Waals surface area contributed by atoms with Gasteiger partial charge in [0.05, 0.1) is 0 Å². The third-order valence-corrected chi connectivity index (χ3v) is 4.49. The monoisotopic (exact) mass is 365 g/mol. The van der Waals surface area contributed by atoms with Gasteiger partial charge in [0.25, 0.3) is 0 Å². The van der Waals surface area contributed by atoms with Crippen LogP contribution in [-0.2, 0) is 12.8 Å². The number of benzene rings is 2. The molecule has 1 aliphatic rings. The van der Waals surface area contributed by atoms with Crippen molar-refractivity contribution in [2.45, 2.75) is 18.9 Å². The van der Waals surface area contributed by atoms with Crippen molar-refractivity contribution in [3.63, 3.8) is 0 Å². The molecule has 0 heterocycles. The summed E-state index contributed by atoms with van der Waals surface area (Å²) in [7, 11) is 0. The Balaban J connectivity index is 1.76. The molecule has 1 N–H and O–H groups in total. The van der Waals surface area contributed by atoms with Crippen LogP contribution < -0.4 is 5.32 Å². The highest BCUT2D eigenvalue weighted by Crippen LogP contribution is 2.30. The summed E-state index contributed by atoms with van der Waals surface area (Å²) >= 11 is 7.07. The second-order valence-electron chi connectivity index (χ2n) is 4.64. The molecule has 0 spiro atoms. The van der Waals surface area contributed by atoms with Gasteiger partial charge in [-0.15, -0.1) is 0 Å². The molecule has 0 saturated heterocycles. The first-order chi connectivity index (χ1) is 8.72. The van der Waals surface area contributed by atoms with Gasteiger partial charge in [0.1, 0.15) is 0 Å². The molecule has 2 aromatic carbocycles. The number of hydrogen-bond donors (Lipinski definition) is 1. The average molecular weight is 367 g/mol. The zero-order valence-electron chi connectivity index (χ0n) is 9.79. The summed E-state index contributed by atoms with van der Waals surface area (Å²) in [6.07, 6.45) is 2.22. The standard InChI is InChI=1S/C15H13Br2N/c16-12-5-6-15(14(17)9-12)18-13-7-10-3-1-2-4-11(10)8-13/h1-6,9,13,18H,7-8H2. The lowest BCUT2D eigenvalue weighted by Gasteiger charge is -2.15. The van der Waals surface area contributed by atoms with Crippen LogP contribution in [0, 0.1) is 0 Å². The van der Waals surface area contributed by atoms with Crippen LogP contribution in [0.4, 0.5) is 5.69 Å². The van der Waals surface area contributed by atoms with Crippen LogP contribution in [0.3, 0.4) is 0 Å². The van der Waals surface area contributed by atoms with E-state index in [0.717, 1.165) is 27.5 Å². The Kier molecular flexibility index (Phi) is 3.44. The highest BCUT2D eigenvalue weighted by molar-refractivity contribution is 9.11. The van der Waals surface area contributed by atoms with E-state index in [4.69, 9.17) is 0 Å². The average Bonchev–Trinajstić information content (AvgIpc) is 2.75. The van der Waals surface area contributed by atoms with Crippen molar-refractivity contribution in [3.05, 3.63) is 62.5 Å². The predicted molar refractivity (Wildman–Crippen MR) is 83.1 cm³/mol. The summed E-state index contributed by atoms with van der Waals surface area (Å²) in [4.78, 5) is 0. The van der Waals surface area contributed by atoms with Crippen molar-refractivity contribution in [2.75, 3.05) is 5.32 Å². The van der Waals surface area contributed by atoms with Gasteiger partial charge in [0, 0.05) is 20.7 Å². The van der Waals surface area contributed by atoms with Crippen LogP contribution in [0.5, 0.6) is 0 Å². The lowest BCUT2D eigenvalue weighted by molar-refractivity contribution is 0.773. The van der Waals surface area contributed by atoms with E-state index in [9.17, 15) is 0 Å². The smallest absolute Gasteiger partial charge is 0.0487 e. The maximum atomic E-state index is 3.62. The zero-order valence-corrected chi connectivity index (χ0v) is 13.0. The quantitative estimate of drug-likeness (QED) is 0.805. The van der Waals surface area contributed by atoms with E-state index >= 15 is 0 Å². The molecule has 1 aliphatic carbocycles. The van der Waals surface area contributed by atoms with Crippen molar-refractivity contribution in [3.8, 4) is 0 Å². The number of anilines is 1. The fourth-order valence-electron chi connectivity index (χ4n) is 2.49. The van der Waals surface area contributed by atoms with E-state index in [0.29, 0.717) is 6.04 Å². The van der Waals surface area contributed by atoms with Crippen LogP contribution >= 0.6 is 31.9 Å².